The van der Waals surface area contributed by atoms with Crippen LogP contribution in [0.5, 0.6) is 5.75 Å². The van der Waals surface area contributed by atoms with Gasteiger partial charge in [0, 0.05) is 17.1 Å². The topological polar surface area (TPSA) is 55.8 Å². The summed E-state index contributed by atoms with van der Waals surface area (Å²) in [6, 6.07) is 20.5. The summed E-state index contributed by atoms with van der Waals surface area (Å²) in [4.78, 5) is 26.2. The Hall–Kier alpha value is -3.38. The number of esters is 1. The summed E-state index contributed by atoms with van der Waals surface area (Å²) in [6.07, 6.45) is 0.533. The lowest BCUT2D eigenvalue weighted by Crippen LogP contribution is -2.55. The van der Waals surface area contributed by atoms with Gasteiger partial charge in [-0.2, -0.15) is 0 Å². The molecule has 1 aliphatic rings. The summed E-state index contributed by atoms with van der Waals surface area (Å²) in [5.74, 6) is -0.493. The van der Waals surface area contributed by atoms with Gasteiger partial charge in [0.2, 0.25) is 5.91 Å². The number of carbonyl (C=O) groups is 2. The summed E-state index contributed by atoms with van der Waals surface area (Å²) in [5, 5.41) is 0.672. The lowest BCUT2D eigenvalue weighted by molar-refractivity contribution is -0.141. The molecule has 1 fully saturated rings. The zero-order chi connectivity index (χ0) is 23.4. The van der Waals surface area contributed by atoms with Gasteiger partial charge >= 0.3 is 5.97 Å². The van der Waals surface area contributed by atoms with E-state index in [1.807, 2.05) is 48.5 Å². The molecule has 0 spiro atoms. The van der Waals surface area contributed by atoms with Crippen LogP contribution < -0.4 is 9.64 Å². The smallest absolute Gasteiger partial charge is 0.305 e. The van der Waals surface area contributed by atoms with E-state index >= 15 is 0 Å². The summed E-state index contributed by atoms with van der Waals surface area (Å²) in [7, 11) is 1.33. The number of halogens is 2. The van der Waals surface area contributed by atoms with Crippen molar-refractivity contribution in [1.29, 1.82) is 0 Å². The Morgan fingerprint density at radius 2 is 1.67 bits per heavy atom. The molecule has 0 N–H and O–H groups in total. The number of β-lactam (4-membered cyclic amide) rings is 1. The van der Waals surface area contributed by atoms with Crippen LogP contribution in [0.4, 0.5) is 10.1 Å². The van der Waals surface area contributed by atoms with Crippen LogP contribution in [-0.4, -0.2) is 19.0 Å². The lowest BCUT2D eigenvalue weighted by atomic mass is 9.79. The summed E-state index contributed by atoms with van der Waals surface area (Å²) >= 11 is 5.92. The zero-order valence-electron chi connectivity index (χ0n) is 18.0. The first kappa shape index (κ1) is 22.8. The van der Waals surface area contributed by atoms with Crippen LogP contribution in [0.3, 0.4) is 0 Å². The third kappa shape index (κ3) is 5.17. The van der Waals surface area contributed by atoms with E-state index in [4.69, 9.17) is 21.1 Å². The van der Waals surface area contributed by atoms with Gasteiger partial charge in [-0.05, 0) is 66.1 Å². The number of methoxy groups -OCH3 is 1. The molecule has 170 valence electrons. The molecule has 1 aliphatic heterocycles. The number of hydrogen-bond donors (Lipinski definition) is 0. The molecule has 0 radical (unpaired) electrons. The van der Waals surface area contributed by atoms with Crippen molar-refractivity contribution in [3.05, 3.63) is 94.8 Å². The monoisotopic (exact) mass is 467 g/mol. The van der Waals surface area contributed by atoms with Crippen LogP contribution in [0.1, 0.15) is 30.0 Å². The normalized spacial score (nSPS) is 17.4. The maximum Gasteiger partial charge on any atom is 0.305 e. The quantitative estimate of drug-likeness (QED) is 0.314. The molecule has 3 aromatic carbocycles. The Labute approximate surface area is 196 Å². The van der Waals surface area contributed by atoms with Gasteiger partial charge in [0.1, 0.15) is 18.2 Å². The average Bonchev–Trinajstić information content (AvgIpc) is 2.83. The van der Waals surface area contributed by atoms with E-state index in [-0.39, 0.29) is 36.1 Å². The van der Waals surface area contributed by atoms with Crippen LogP contribution in [0, 0.1) is 11.7 Å². The van der Waals surface area contributed by atoms with Gasteiger partial charge in [-0.25, -0.2) is 4.39 Å². The van der Waals surface area contributed by atoms with E-state index in [0.29, 0.717) is 29.5 Å². The Balaban J connectivity index is 1.51. The van der Waals surface area contributed by atoms with Gasteiger partial charge < -0.3 is 14.4 Å². The number of ether oxygens (including phenoxy) is 2. The van der Waals surface area contributed by atoms with Gasteiger partial charge in [-0.1, -0.05) is 35.9 Å². The minimum absolute atomic E-state index is 0.0985. The molecule has 2 unspecified atom stereocenters. The molecular weight excluding hydrogens is 445 g/mol. The highest BCUT2D eigenvalue weighted by atomic mass is 35.5. The molecule has 5 nitrogen and oxygen atoms in total. The van der Waals surface area contributed by atoms with E-state index in [1.54, 1.807) is 17.0 Å². The molecule has 0 aliphatic carbocycles. The van der Waals surface area contributed by atoms with E-state index in [9.17, 15) is 14.0 Å². The Morgan fingerprint density at radius 1 is 1.00 bits per heavy atom. The first-order valence-electron chi connectivity index (χ1n) is 10.6. The molecular formula is C26H23ClFNO4. The van der Waals surface area contributed by atoms with Crippen molar-refractivity contribution in [3.63, 3.8) is 0 Å². The standard InChI is InChI=1S/C26H23ClFNO4/c1-32-24(30)15-14-23-25(29(26(23)31)21-10-8-20(28)9-11-21)18-4-12-22(13-5-18)33-16-17-2-6-19(27)7-3-17/h2-13,23,25H,14-16H2,1H3. The van der Waals surface area contributed by atoms with Crippen LogP contribution >= 0.6 is 11.6 Å². The first-order chi connectivity index (χ1) is 16.0. The van der Waals surface area contributed by atoms with E-state index < -0.39 is 0 Å². The predicted octanol–water partition coefficient (Wildman–Crippen LogP) is 5.72. The fourth-order valence-electron chi connectivity index (χ4n) is 3.98. The molecule has 0 aromatic heterocycles. The lowest BCUT2D eigenvalue weighted by Gasteiger charge is -2.47. The van der Waals surface area contributed by atoms with Gasteiger partial charge in [0.05, 0.1) is 19.1 Å². The minimum atomic E-state index is -0.368. The molecule has 0 saturated carbocycles. The number of anilines is 1. The second-order valence-electron chi connectivity index (χ2n) is 7.83. The van der Waals surface area contributed by atoms with Crippen molar-refractivity contribution in [2.24, 2.45) is 5.92 Å². The van der Waals surface area contributed by atoms with Crippen molar-refractivity contribution >= 4 is 29.2 Å². The summed E-state index contributed by atoms with van der Waals surface area (Å²) in [5.41, 5.74) is 2.52. The highest BCUT2D eigenvalue weighted by Crippen LogP contribution is 2.45. The molecule has 0 bridgehead atoms. The van der Waals surface area contributed by atoms with Crippen LogP contribution in [0.25, 0.3) is 0 Å². The molecule has 4 rings (SSSR count). The van der Waals surface area contributed by atoms with Crippen molar-refractivity contribution < 1.29 is 23.5 Å². The number of carbonyl (C=O) groups excluding carboxylic acids is 2. The number of rotatable bonds is 8. The minimum Gasteiger partial charge on any atom is -0.489 e. The van der Waals surface area contributed by atoms with Crippen molar-refractivity contribution in [1.82, 2.24) is 0 Å². The number of hydrogen-bond acceptors (Lipinski definition) is 4. The van der Waals surface area contributed by atoms with E-state index in [2.05, 4.69) is 0 Å². The molecule has 2 atom stereocenters. The van der Waals surface area contributed by atoms with Gasteiger partial charge in [-0.15, -0.1) is 0 Å². The van der Waals surface area contributed by atoms with Crippen LogP contribution in [-0.2, 0) is 20.9 Å². The van der Waals surface area contributed by atoms with Gasteiger partial charge in [-0.3, -0.25) is 9.59 Å². The number of nitrogens with zero attached hydrogens (tertiary/aromatic N) is 1. The predicted molar refractivity (Wildman–Crippen MR) is 124 cm³/mol. The highest BCUT2D eigenvalue weighted by molar-refractivity contribution is 6.30. The maximum absolute atomic E-state index is 13.4. The molecule has 1 amide bonds. The first-order valence-corrected chi connectivity index (χ1v) is 11.0. The third-order valence-corrected chi connectivity index (χ3v) is 6.00. The number of amides is 1. The van der Waals surface area contributed by atoms with E-state index in [1.165, 1.54) is 19.2 Å². The molecule has 33 heavy (non-hydrogen) atoms. The molecule has 7 heteroatoms. The molecule has 1 saturated heterocycles. The number of benzene rings is 3. The third-order valence-electron chi connectivity index (χ3n) is 5.75. The Morgan fingerprint density at radius 3 is 2.30 bits per heavy atom. The zero-order valence-corrected chi connectivity index (χ0v) is 18.8. The second kappa shape index (κ2) is 10.0. The largest absolute Gasteiger partial charge is 0.489 e. The summed E-state index contributed by atoms with van der Waals surface area (Å²) < 4.78 is 24.0. The fraction of sp³-hybridized carbons (Fsp3) is 0.231. The Bertz CT molecular complexity index is 1120. The fourth-order valence-corrected chi connectivity index (χ4v) is 4.11. The van der Waals surface area contributed by atoms with Gasteiger partial charge in [0.25, 0.3) is 0 Å². The second-order valence-corrected chi connectivity index (χ2v) is 8.27. The van der Waals surface area contributed by atoms with Crippen molar-refractivity contribution in [2.75, 3.05) is 12.0 Å². The SMILES string of the molecule is COC(=O)CCC1C(=O)N(c2ccc(F)cc2)C1c1ccc(OCc2ccc(Cl)cc2)cc1. The molecule has 1 heterocycles. The summed E-state index contributed by atoms with van der Waals surface area (Å²) in [6.45, 7) is 0.405. The average molecular weight is 468 g/mol. The van der Waals surface area contributed by atoms with Crippen LogP contribution in [0.15, 0.2) is 72.8 Å². The highest BCUT2D eigenvalue weighted by Gasteiger charge is 2.48. The van der Waals surface area contributed by atoms with Crippen molar-refractivity contribution in [2.45, 2.75) is 25.5 Å². The van der Waals surface area contributed by atoms with Gasteiger partial charge in [0.15, 0.2) is 0 Å². The Kier molecular flexibility index (Phi) is 6.94. The van der Waals surface area contributed by atoms with E-state index in [0.717, 1.165) is 11.1 Å². The van der Waals surface area contributed by atoms with Crippen molar-refractivity contribution in [3.8, 4) is 5.75 Å². The molecule has 3 aromatic rings. The van der Waals surface area contributed by atoms with Crippen LogP contribution in [0.2, 0.25) is 5.02 Å². The maximum atomic E-state index is 13.4.